The summed E-state index contributed by atoms with van der Waals surface area (Å²) in [6.07, 6.45) is 0.352. The van der Waals surface area contributed by atoms with Gasteiger partial charge in [-0.1, -0.05) is 13.2 Å². The number of hydrogen-bond donors (Lipinski definition) is 2. The van der Waals surface area contributed by atoms with Gasteiger partial charge >= 0.3 is 11.9 Å². The minimum absolute atomic E-state index is 0.109. The number of fused-ring (bicyclic) bond motifs is 4. The lowest BCUT2D eigenvalue weighted by atomic mass is 9.81. The lowest BCUT2D eigenvalue weighted by Gasteiger charge is -2.33. The molecule has 27 heavy (non-hydrogen) atoms. The summed E-state index contributed by atoms with van der Waals surface area (Å²) >= 11 is 0. The minimum atomic E-state index is -1.18. The molecule has 2 bridgehead atoms. The molecular weight excluding hydrogens is 356 g/mol. The first-order valence-electron chi connectivity index (χ1n) is 8.92. The van der Waals surface area contributed by atoms with Crippen molar-refractivity contribution in [3.63, 3.8) is 0 Å². The van der Waals surface area contributed by atoms with Crippen molar-refractivity contribution in [1.29, 1.82) is 0 Å². The topological polar surface area (TPSA) is 115 Å². The van der Waals surface area contributed by atoms with E-state index in [1.165, 1.54) is 0 Å². The van der Waals surface area contributed by atoms with Gasteiger partial charge in [0.1, 0.15) is 17.8 Å². The fourth-order valence-electron chi connectivity index (χ4n) is 4.13. The highest BCUT2D eigenvalue weighted by molar-refractivity contribution is 5.92. The second-order valence-electron chi connectivity index (χ2n) is 7.42. The largest absolute Gasteiger partial charge is 0.458 e. The van der Waals surface area contributed by atoms with Crippen LogP contribution < -0.4 is 0 Å². The Balaban J connectivity index is 1.74. The zero-order chi connectivity index (χ0) is 19.3. The smallest absolute Gasteiger partial charge is 0.336 e. The summed E-state index contributed by atoms with van der Waals surface area (Å²) in [6, 6.07) is 0. The van der Waals surface area contributed by atoms with Crippen LogP contribution in [0.5, 0.6) is 0 Å². The Morgan fingerprint density at radius 1 is 1.44 bits per heavy atom. The van der Waals surface area contributed by atoms with Crippen LogP contribution in [-0.2, 0) is 28.5 Å². The van der Waals surface area contributed by atoms with Crippen molar-refractivity contribution in [1.82, 2.24) is 0 Å². The highest BCUT2D eigenvalue weighted by Gasteiger charge is 2.65. The van der Waals surface area contributed by atoms with Gasteiger partial charge in [0.15, 0.2) is 6.29 Å². The minimum Gasteiger partial charge on any atom is -0.458 e. The number of carbonyl (C=O) groups excluding carboxylic acids is 2. The molecule has 4 heterocycles. The van der Waals surface area contributed by atoms with Crippen LogP contribution in [0.25, 0.3) is 0 Å². The maximum absolute atomic E-state index is 12.3. The van der Waals surface area contributed by atoms with Gasteiger partial charge < -0.3 is 29.2 Å². The third-order valence-electron chi connectivity index (χ3n) is 5.74. The summed E-state index contributed by atoms with van der Waals surface area (Å²) in [7, 11) is 0. The SMILES string of the molecule is C=C(CO)C(=O)O[C@H]1C[C@]23O[C@H]2CC/C(=C/[C@H]2OC(=O)C(=C)[C@H]12)CO[C@H]3O. The summed E-state index contributed by atoms with van der Waals surface area (Å²) in [4.78, 5) is 24.4. The highest BCUT2D eigenvalue weighted by atomic mass is 16.7. The predicted molar refractivity (Wildman–Crippen MR) is 90.1 cm³/mol. The second-order valence-corrected chi connectivity index (χ2v) is 7.42. The summed E-state index contributed by atoms with van der Waals surface area (Å²) < 4.78 is 22.4. The Hall–Kier alpha value is -2.00. The Bertz CT molecular complexity index is 740. The third kappa shape index (κ3) is 3.02. The van der Waals surface area contributed by atoms with Gasteiger partial charge in [-0.15, -0.1) is 0 Å². The molecule has 0 saturated carbocycles. The predicted octanol–water partition coefficient (Wildman–Crippen LogP) is 0.141. The molecule has 8 nitrogen and oxygen atoms in total. The van der Waals surface area contributed by atoms with Crippen molar-refractivity contribution in [2.75, 3.05) is 13.2 Å². The van der Waals surface area contributed by atoms with Crippen LogP contribution in [0, 0.1) is 5.92 Å². The highest BCUT2D eigenvalue weighted by Crippen LogP contribution is 2.51. The molecule has 0 amide bonds. The molecule has 146 valence electrons. The summed E-state index contributed by atoms with van der Waals surface area (Å²) in [5, 5.41) is 19.7. The van der Waals surface area contributed by atoms with Gasteiger partial charge in [-0.05, 0) is 24.5 Å². The number of ether oxygens (including phenoxy) is 4. The Labute approximate surface area is 156 Å². The van der Waals surface area contributed by atoms with Crippen molar-refractivity contribution in [3.8, 4) is 0 Å². The van der Waals surface area contributed by atoms with E-state index in [0.29, 0.717) is 12.8 Å². The van der Waals surface area contributed by atoms with Gasteiger partial charge in [-0.25, -0.2) is 9.59 Å². The number of esters is 2. The van der Waals surface area contributed by atoms with Crippen LogP contribution in [0.3, 0.4) is 0 Å². The van der Waals surface area contributed by atoms with Gasteiger partial charge in [-0.3, -0.25) is 0 Å². The molecule has 0 aromatic rings. The summed E-state index contributed by atoms with van der Waals surface area (Å²) in [6.45, 7) is 6.95. The van der Waals surface area contributed by atoms with E-state index >= 15 is 0 Å². The first-order chi connectivity index (χ1) is 12.9. The fraction of sp³-hybridized carbons (Fsp3) is 0.579. The normalized spacial score (nSPS) is 42.1. The lowest BCUT2D eigenvalue weighted by molar-refractivity contribution is -0.163. The molecule has 2 N–H and O–H groups in total. The van der Waals surface area contributed by atoms with Crippen molar-refractivity contribution in [2.24, 2.45) is 5.92 Å². The molecule has 0 aromatic heterocycles. The van der Waals surface area contributed by atoms with E-state index in [2.05, 4.69) is 13.2 Å². The molecule has 0 aromatic carbocycles. The Morgan fingerprint density at radius 3 is 2.96 bits per heavy atom. The first kappa shape index (κ1) is 18.4. The molecular formula is C19H22O8. The molecule has 3 fully saturated rings. The Kier molecular flexibility index (Phi) is 4.46. The van der Waals surface area contributed by atoms with E-state index < -0.39 is 48.6 Å². The van der Waals surface area contributed by atoms with E-state index in [-0.39, 0.29) is 30.3 Å². The number of hydrogen-bond acceptors (Lipinski definition) is 8. The zero-order valence-electron chi connectivity index (χ0n) is 14.8. The molecule has 5 rings (SSSR count). The molecule has 4 aliphatic heterocycles. The second kappa shape index (κ2) is 6.56. The van der Waals surface area contributed by atoms with Gasteiger partial charge in [0.25, 0.3) is 0 Å². The van der Waals surface area contributed by atoms with Crippen LogP contribution >= 0.6 is 0 Å². The number of carbonyl (C=O) groups is 2. The van der Waals surface area contributed by atoms with Crippen molar-refractivity contribution >= 4 is 11.9 Å². The van der Waals surface area contributed by atoms with Crippen molar-refractivity contribution in [3.05, 3.63) is 36.0 Å². The van der Waals surface area contributed by atoms with E-state index in [0.717, 1.165) is 5.57 Å². The summed E-state index contributed by atoms with van der Waals surface area (Å²) in [5.41, 5.74) is -0.0403. The molecule has 0 radical (unpaired) electrons. The monoisotopic (exact) mass is 378 g/mol. The molecule has 0 unspecified atom stereocenters. The van der Waals surface area contributed by atoms with Crippen LogP contribution in [0.4, 0.5) is 0 Å². The van der Waals surface area contributed by atoms with Crippen LogP contribution in [0.2, 0.25) is 0 Å². The molecule has 1 aliphatic carbocycles. The van der Waals surface area contributed by atoms with Crippen LogP contribution in [-0.4, -0.2) is 65.6 Å². The van der Waals surface area contributed by atoms with Crippen LogP contribution in [0.1, 0.15) is 19.3 Å². The molecule has 3 saturated heterocycles. The fourth-order valence-corrected chi connectivity index (χ4v) is 4.13. The van der Waals surface area contributed by atoms with E-state index in [9.17, 15) is 14.7 Å². The van der Waals surface area contributed by atoms with E-state index in [1.807, 2.05) is 0 Å². The summed E-state index contributed by atoms with van der Waals surface area (Å²) in [5.74, 6) is -1.95. The maximum Gasteiger partial charge on any atom is 0.336 e. The van der Waals surface area contributed by atoms with E-state index in [4.69, 9.17) is 24.1 Å². The van der Waals surface area contributed by atoms with Crippen molar-refractivity contribution in [2.45, 2.75) is 49.5 Å². The lowest BCUT2D eigenvalue weighted by Crippen LogP contribution is -2.45. The molecule has 8 heteroatoms. The average molecular weight is 378 g/mol. The third-order valence-corrected chi connectivity index (χ3v) is 5.74. The molecule has 6 atom stereocenters. The molecule has 5 aliphatic rings. The molecule has 1 spiro atoms. The number of aliphatic hydroxyl groups excluding tert-OH is 2. The first-order valence-corrected chi connectivity index (χ1v) is 8.92. The van der Waals surface area contributed by atoms with Gasteiger partial charge in [0.2, 0.25) is 0 Å². The number of rotatable bonds is 3. The zero-order valence-corrected chi connectivity index (χ0v) is 14.8. The number of epoxide rings is 1. The van der Waals surface area contributed by atoms with Gasteiger partial charge in [0, 0.05) is 12.0 Å². The van der Waals surface area contributed by atoms with Crippen molar-refractivity contribution < 1.29 is 38.7 Å². The standard InChI is InChI=1S/C19H22O8/c1-9(7-20)16(21)26-13-6-19-14(27-19)4-3-11(8-24-18(19)23)5-12-15(13)10(2)17(22)25-12/h5,12-15,18,20,23H,1-4,6-8H2/b11-5-/t12-,13+,14+,15+,18-,19+/m1/s1. The number of aliphatic hydroxyl groups is 2. The van der Waals surface area contributed by atoms with Crippen LogP contribution in [0.15, 0.2) is 36.0 Å². The van der Waals surface area contributed by atoms with E-state index in [1.54, 1.807) is 6.08 Å². The Morgan fingerprint density at radius 2 is 2.22 bits per heavy atom. The average Bonchev–Trinajstić information content (AvgIpc) is 3.26. The maximum atomic E-state index is 12.3. The quantitative estimate of drug-likeness (QED) is 0.308. The van der Waals surface area contributed by atoms with Gasteiger partial charge in [0.05, 0.1) is 30.8 Å². The van der Waals surface area contributed by atoms with Gasteiger partial charge in [-0.2, -0.15) is 0 Å².